The number of aryl methyl sites for hydroxylation is 2. The quantitative estimate of drug-likeness (QED) is 0.792. The fourth-order valence-corrected chi connectivity index (χ4v) is 2.21. The van der Waals surface area contributed by atoms with E-state index in [1.54, 1.807) is 10.9 Å². The van der Waals surface area contributed by atoms with Crippen LogP contribution in [0, 0.1) is 6.92 Å². The molecule has 1 aromatic carbocycles. The Morgan fingerprint density at radius 3 is 2.80 bits per heavy atom. The number of rotatable bonds is 3. The van der Waals surface area contributed by atoms with Gasteiger partial charge < -0.3 is 10.5 Å². The molecule has 0 aliphatic carbocycles. The third-order valence-corrected chi connectivity index (χ3v) is 3.19. The number of benzene rings is 1. The van der Waals surface area contributed by atoms with E-state index in [9.17, 15) is 0 Å². The van der Waals surface area contributed by atoms with Gasteiger partial charge in [0, 0.05) is 36.8 Å². The van der Waals surface area contributed by atoms with Gasteiger partial charge in [0.2, 0.25) is 5.88 Å². The standard InChI is InChI=1S/C15H16N4O/c1-10-7-14(19(2)18-10)20-15-11(8-16)9-17-13-6-4-3-5-12(13)15/h3-7,9H,8,16H2,1-2H3. The Morgan fingerprint density at radius 1 is 1.30 bits per heavy atom. The minimum atomic E-state index is 0.379. The number of para-hydroxylation sites is 1. The van der Waals surface area contributed by atoms with E-state index < -0.39 is 0 Å². The Morgan fingerprint density at radius 2 is 2.10 bits per heavy atom. The average Bonchev–Trinajstić information content (AvgIpc) is 2.77. The number of nitrogens with two attached hydrogens (primary N) is 1. The van der Waals surface area contributed by atoms with E-state index in [0.29, 0.717) is 12.4 Å². The zero-order chi connectivity index (χ0) is 14.1. The summed E-state index contributed by atoms with van der Waals surface area (Å²) >= 11 is 0. The summed E-state index contributed by atoms with van der Waals surface area (Å²) in [6, 6.07) is 9.76. The molecule has 0 atom stereocenters. The number of nitrogens with zero attached hydrogens (tertiary/aromatic N) is 3. The second kappa shape index (κ2) is 4.94. The van der Waals surface area contributed by atoms with Crippen LogP contribution in [0.2, 0.25) is 0 Å². The lowest BCUT2D eigenvalue weighted by molar-refractivity contribution is 0.430. The SMILES string of the molecule is Cc1cc(Oc2c(CN)cnc3ccccc23)n(C)n1. The van der Waals surface area contributed by atoms with Crippen LogP contribution in [-0.4, -0.2) is 14.8 Å². The van der Waals surface area contributed by atoms with Crippen molar-refractivity contribution in [2.45, 2.75) is 13.5 Å². The molecule has 5 heteroatoms. The molecule has 2 heterocycles. The first kappa shape index (κ1) is 12.6. The molecule has 5 nitrogen and oxygen atoms in total. The van der Waals surface area contributed by atoms with Crippen LogP contribution in [0.1, 0.15) is 11.3 Å². The van der Waals surface area contributed by atoms with Crippen molar-refractivity contribution in [3.63, 3.8) is 0 Å². The van der Waals surface area contributed by atoms with Crippen molar-refractivity contribution in [3.8, 4) is 11.6 Å². The topological polar surface area (TPSA) is 66.0 Å². The highest BCUT2D eigenvalue weighted by Gasteiger charge is 2.12. The summed E-state index contributed by atoms with van der Waals surface area (Å²) in [6.45, 7) is 2.31. The summed E-state index contributed by atoms with van der Waals surface area (Å²) in [7, 11) is 1.85. The molecule has 2 N–H and O–H groups in total. The molecule has 0 amide bonds. The Bertz CT molecular complexity index is 764. The Labute approximate surface area is 117 Å². The van der Waals surface area contributed by atoms with Gasteiger partial charge in [-0.25, -0.2) is 4.68 Å². The van der Waals surface area contributed by atoms with Crippen LogP contribution < -0.4 is 10.5 Å². The number of fused-ring (bicyclic) bond motifs is 1. The van der Waals surface area contributed by atoms with Crippen molar-refractivity contribution in [1.29, 1.82) is 0 Å². The van der Waals surface area contributed by atoms with Crippen LogP contribution in [0.15, 0.2) is 36.5 Å². The molecular weight excluding hydrogens is 252 g/mol. The van der Waals surface area contributed by atoms with E-state index in [1.807, 2.05) is 44.3 Å². The van der Waals surface area contributed by atoms with E-state index in [4.69, 9.17) is 10.5 Å². The monoisotopic (exact) mass is 268 g/mol. The van der Waals surface area contributed by atoms with Gasteiger partial charge in [-0.05, 0) is 19.1 Å². The third kappa shape index (κ3) is 2.12. The lowest BCUT2D eigenvalue weighted by Crippen LogP contribution is -2.03. The normalized spacial score (nSPS) is 10.9. The molecule has 0 aliphatic rings. The number of hydrogen-bond donors (Lipinski definition) is 1. The molecule has 0 unspecified atom stereocenters. The zero-order valence-corrected chi connectivity index (χ0v) is 11.5. The van der Waals surface area contributed by atoms with Gasteiger partial charge in [0.1, 0.15) is 5.75 Å². The Hall–Kier alpha value is -2.40. The van der Waals surface area contributed by atoms with E-state index in [0.717, 1.165) is 27.9 Å². The Balaban J connectivity index is 2.16. The maximum atomic E-state index is 6.05. The minimum Gasteiger partial charge on any atom is -0.438 e. The number of aromatic nitrogens is 3. The van der Waals surface area contributed by atoms with E-state index in [2.05, 4.69) is 10.1 Å². The van der Waals surface area contributed by atoms with Crippen molar-refractivity contribution >= 4 is 10.9 Å². The van der Waals surface area contributed by atoms with Crippen molar-refractivity contribution < 1.29 is 4.74 Å². The van der Waals surface area contributed by atoms with Crippen LogP contribution in [0.25, 0.3) is 10.9 Å². The predicted molar refractivity (Wildman–Crippen MR) is 77.7 cm³/mol. The highest BCUT2D eigenvalue weighted by molar-refractivity contribution is 5.86. The van der Waals surface area contributed by atoms with E-state index in [-0.39, 0.29) is 0 Å². The molecule has 102 valence electrons. The minimum absolute atomic E-state index is 0.379. The first-order valence-electron chi connectivity index (χ1n) is 6.44. The van der Waals surface area contributed by atoms with Crippen LogP contribution in [0.5, 0.6) is 11.6 Å². The third-order valence-electron chi connectivity index (χ3n) is 3.19. The number of pyridine rings is 1. The largest absolute Gasteiger partial charge is 0.438 e. The van der Waals surface area contributed by atoms with Gasteiger partial charge >= 0.3 is 0 Å². The molecule has 0 saturated carbocycles. The highest BCUT2D eigenvalue weighted by atomic mass is 16.5. The summed E-state index contributed by atoms with van der Waals surface area (Å²) in [4.78, 5) is 4.40. The van der Waals surface area contributed by atoms with Gasteiger partial charge in [-0.1, -0.05) is 12.1 Å². The van der Waals surface area contributed by atoms with E-state index in [1.165, 1.54) is 0 Å². The second-order valence-corrected chi connectivity index (χ2v) is 4.68. The summed E-state index contributed by atoms with van der Waals surface area (Å²) in [5.41, 5.74) is 8.47. The van der Waals surface area contributed by atoms with Gasteiger partial charge in [0.15, 0.2) is 0 Å². The fraction of sp³-hybridized carbons (Fsp3) is 0.200. The fourth-order valence-electron chi connectivity index (χ4n) is 2.21. The second-order valence-electron chi connectivity index (χ2n) is 4.68. The molecular formula is C15H16N4O. The van der Waals surface area contributed by atoms with Crippen molar-refractivity contribution in [2.24, 2.45) is 12.8 Å². The first-order valence-corrected chi connectivity index (χ1v) is 6.44. The van der Waals surface area contributed by atoms with Crippen LogP contribution in [0.4, 0.5) is 0 Å². The predicted octanol–water partition coefficient (Wildman–Crippen LogP) is 2.53. The maximum Gasteiger partial charge on any atom is 0.217 e. The van der Waals surface area contributed by atoms with Crippen molar-refractivity contribution in [3.05, 3.63) is 47.8 Å². The van der Waals surface area contributed by atoms with Gasteiger partial charge in [0.05, 0.1) is 11.2 Å². The van der Waals surface area contributed by atoms with Crippen LogP contribution in [0.3, 0.4) is 0 Å². The molecule has 0 bridgehead atoms. The molecule has 0 fully saturated rings. The van der Waals surface area contributed by atoms with Crippen molar-refractivity contribution in [2.75, 3.05) is 0 Å². The lowest BCUT2D eigenvalue weighted by atomic mass is 10.1. The molecule has 3 aromatic rings. The summed E-state index contributed by atoms with van der Waals surface area (Å²) in [5.74, 6) is 1.44. The average molecular weight is 268 g/mol. The molecule has 2 aromatic heterocycles. The molecule has 20 heavy (non-hydrogen) atoms. The molecule has 0 spiro atoms. The molecule has 3 rings (SSSR count). The lowest BCUT2D eigenvalue weighted by Gasteiger charge is -2.12. The summed E-state index contributed by atoms with van der Waals surface area (Å²) in [6.07, 6.45) is 1.76. The van der Waals surface area contributed by atoms with Gasteiger partial charge in [-0.2, -0.15) is 5.10 Å². The Kier molecular flexibility index (Phi) is 3.12. The molecule has 0 aliphatic heterocycles. The number of ether oxygens (including phenoxy) is 1. The maximum absolute atomic E-state index is 6.05. The first-order chi connectivity index (χ1) is 9.69. The van der Waals surface area contributed by atoms with Crippen LogP contribution in [-0.2, 0) is 13.6 Å². The smallest absolute Gasteiger partial charge is 0.217 e. The van der Waals surface area contributed by atoms with Crippen LogP contribution >= 0.6 is 0 Å². The molecule has 0 saturated heterocycles. The number of hydrogen-bond acceptors (Lipinski definition) is 4. The highest BCUT2D eigenvalue weighted by Crippen LogP contribution is 2.32. The summed E-state index contributed by atoms with van der Waals surface area (Å²) < 4.78 is 7.76. The summed E-state index contributed by atoms with van der Waals surface area (Å²) in [5, 5.41) is 5.24. The van der Waals surface area contributed by atoms with Crippen molar-refractivity contribution in [1.82, 2.24) is 14.8 Å². The van der Waals surface area contributed by atoms with Gasteiger partial charge in [-0.15, -0.1) is 0 Å². The zero-order valence-electron chi connectivity index (χ0n) is 11.5. The van der Waals surface area contributed by atoms with Gasteiger partial charge in [0.25, 0.3) is 0 Å². The van der Waals surface area contributed by atoms with Gasteiger partial charge in [-0.3, -0.25) is 4.98 Å². The molecule has 0 radical (unpaired) electrons. The van der Waals surface area contributed by atoms with E-state index >= 15 is 0 Å².